The Morgan fingerprint density at radius 1 is 1.24 bits per heavy atom. The summed E-state index contributed by atoms with van der Waals surface area (Å²) in [6.45, 7) is 1.65. The third kappa shape index (κ3) is 3.27. The summed E-state index contributed by atoms with van der Waals surface area (Å²) < 4.78 is 27.3. The van der Waals surface area contributed by atoms with E-state index in [-0.39, 0.29) is 21.8 Å². The van der Waals surface area contributed by atoms with E-state index >= 15 is 0 Å². The fourth-order valence-electron chi connectivity index (χ4n) is 1.78. The van der Waals surface area contributed by atoms with Crippen LogP contribution in [0.2, 0.25) is 5.02 Å². The summed E-state index contributed by atoms with van der Waals surface area (Å²) in [5.41, 5.74) is 6.98. The van der Waals surface area contributed by atoms with Crippen LogP contribution in [0.5, 0.6) is 0 Å². The number of nitrogens with zero attached hydrogens (tertiary/aromatic N) is 1. The average Bonchev–Trinajstić information content (AvgIpc) is 2.43. The van der Waals surface area contributed by atoms with E-state index in [1.165, 1.54) is 18.2 Å². The molecule has 0 unspecified atom stereocenters. The largest absolute Gasteiger partial charge is 0.397 e. The van der Waals surface area contributed by atoms with Crippen LogP contribution in [0, 0.1) is 18.3 Å². The van der Waals surface area contributed by atoms with Crippen molar-refractivity contribution in [3.63, 3.8) is 0 Å². The van der Waals surface area contributed by atoms with Crippen molar-refractivity contribution in [2.24, 2.45) is 0 Å². The van der Waals surface area contributed by atoms with Gasteiger partial charge in [0.1, 0.15) is 0 Å². The van der Waals surface area contributed by atoms with Crippen molar-refractivity contribution in [3.8, 4) is 6.07 Å². The van der Waals surface area contributed by atoms with Crippen molar-refractivity contribution in [2.45, 2.75) is 11.8 Å². The van der Waals surface area contributed by atoms with E-state index in [9.17, 15) is 8.42 Å². The molecule has 7 heteroatoms. The molecule has 0 radical (unpaired) electrons. The SMILES string of the molecule is Cc1ccc(C#N)cc1S(=O)(=O)Nc1cc(Cl)ccc1N. The van der Waals surface area contributed by atoms with Gasteiger partial charge < -0.3 is 5.73 Å². The lowest BCUT2D eigenvalue weighted by atomic mass is 10.2. The van der Waals surface area contributed by atoms with Crippen LogP contribution in [0.1, 0.15) is 11.1 Å². The molecule has 2 rings (SSSR count). The van der Waals surface area contributed by atoms with Crippen LogP contribution in [0.4, 0.5) is 11.4 Å². The van der Waals surface area contributed by atoms with Gasteiger partial charge >= 0.3 is 0 Å². The molecule has 0 aliphatic rings. The number of aryl methyl sites for hydroxylation is 1. The minimum atomic E-state index is -3.86. The summed E-state index contributed by atoms with van der Waals surface area (Å²) in [6.07, 6.45) is 0. The van der Waals surface area contributed by atoms with Gasteiger partial charge in [-0.15, -0.1) is 0 Å². The van der Waals surface area contributed by atoms with Gasteiger partial charge in [-0.2, -0.15) is 5.26 Å². The van der Waals surface area contributed by atoms with E-state index in [2.05, 4.69) is 4.72 Å². The first kappa shape index (κ1) is 15.2. The van der Waals surface area contributed by atoms with E-state index in [4.69, 9.17) is 22.6 Å². The van der Waals surface area contributed by atoms with E-state index in [1.807, 2.05) is 6.07 Å². The first-order chi connectivity index (χ1) is 9.83. The van der Waals surface area contributed by atoms with Crippen LogP contribution in [0.15, 0.2) is 41.3 Å². The fourth-order valence-corrected chi connectivity index (χ4v) is 3.30. The van der Waals surface area contributed by atoms with Gasteiger partial charge in [0, 0.05) is 5.02 Å². The lowest BCUT2D eigenvalue weighted by molar-refractivity contribution is 0.600. The van der Waals surface area contributed by atoms with Crippen molar-refractivity contribution in [2.75, 3.05) is 10.5 Å². The zero-order valence-corrected chi connectivity index (χ0v) is 12.7. The lowest BCUT2D eigenvalue weighted by Gasteiger charge is -2.12. The van der Waals surface area contributed by atoms with Crippen LogP contribution in [0.25, 0.3) is 0 Å². The first-order valence-electron chi connectivity index (χ1n) is 5.92. The predicted octanol–water partition coefficient (Wildman–Crippen LogP) is 2.90. The molecule has 0 heterocycles. The Balaban J connectivity index is 2.48. The number of nitrogens with one attached hydrogen (secondary N) is 1. The van der Waals surface area contributed by atoms with E-state index in [0.29, 0.717) is 10.6 Å². The molecule has 0 aliphatic heterocycles. The van der Waals surface area contributed by atoms with Crippen LogP contribution in [0.3, 0.4) is 0 Å². The summed E-state index contributed by atoms with van der Waals surface area (Å²) in [6, 6.07) is 10.9. The van der Waals surface area contributed by atoms with Gasteiger partial charge in [0.05, 0.1) is 27.9 Å². The van der Waals surface area contributed by atoms with Gasteiger partial charge in [-0.3, -0.25) is 4.72 Å². The Labute approximate surface area is 128 Å². The average molecular weight is 322 g/mol. The van der Waals surface area contributed by atoms with Crippen LogP contribution in [-0.4, -0.2) is 8.42 Å². The molecule has 2 aromatic rings. The number of halogens is 1. The minimum absolute atomic E-state index is 0.0286. The van der Waals surface area contributed by atoms with Gasteiger partial charge in [0.15, 0.2) is 0 Å². The van der Waals surface area contributed by atoms with E-state index in [1.54, 1.807) is 25.1 Å². The number of sulfonamides is 1. The van der Waals surface area contributed by atoms with Gasteiger partial charge in [-0.25, -0.2) is 8.42 Å². The highest BCUT2D eigenvalue weighted by Gasteiger charge is 2.19. The second kappa shape index (κ2) is 5.64. The topological polar surface area (TPSA) is 96.0 Å². The Bertz CT molecular complexity index is 842. The minimum Gasteiger partial charge on any atom is -0.397 e. The van der Waals surface area contributed by atoms with Crippen LogP contribution in [-0.2, 0) is 10.0 Å². The first-order valence-corrected chi connectivity index (χ1v) is 7.78. The number of nitriles is 1. The second-order valence-corrected chi connectivity index (χ2v) is 6.52. The Morgan fingerprint density at radius 3 is 2.62 bits per heavy atom. The number of rotatable bonds is 3. The summed E-state index contributed by atoms with van der Waals surface area (Å²) in [5.74, 6) is 0. The highest BCUT2D eigenvalue weighted by Crippen LogP contribution is 2.27. The van der Waals surface area contributed by atoms with Crippen LogP contribution >= 0.6 is 11.6 Å². The number of anilines is 2. The zero-order valence-electron chi connectivity index (χ0n) is 11.1. The van der Waals surface area contributed by atoms with Gasteiger partial charge in [-0.1, -0.05) is 17.7 Å². The number of benzene rings is 2. The number of hydrogen-bond acceptors (Lipinski definition) is 4. The maximum absolute atomic E-state index is 12.4. The maximum Gasteiger partial charge on any atom is 0.262 e. The van der Waals surface area contributed by atoms with Gasteiger partial charge in [-0.05, 0) is 42.8 Å². The zero-order chi connectivity index (χ0) is 15.6. The molecule has 3 N–H and O–H groups in total. The molecule has 0 aliphatic carbocycles. The quantitative estimate of drug-likeness (QED) is 0.849. The monoisotopic (exact) mass is 321 g/mol. The van der Waals surface area contributed by atoms with Gasteiger partial charge in [0.2, 0.25) is 0 Å². The molecule has 108 valence electrons. The Morgan fingerprint density at radius 2 is 1.95 bits per heavy atom. The Hall–Kier alpha value is -2.23. The molecule has 0 aromatic heterocycles. The normalized spacial score (nSPS) is 10.9. The highest BCUT2D eigenvalue weighted by molar-refractivity contribution is 7.92. The number of nitrogen functional groups attached to an aromatic ring is 1. The van der Waals surface area contributed by atoms with Crippen molar-refractivity contribution < 1.29 is 8.42 Å². The Kier molecular flexibility index (Phi) is 4.07. The molecule has 5 nitrogen and oxygen atoms in total. The summed E-state index contributed by atoms with van der Waals surface area (Å²) in [5, 5.41) is 9.25. The van der Waals surface area contributed by atoms with E-state index in [0.717, 1.165) is 0 Å². The summed E-state index contributed by atoms with van der Waals surface area (Å²) in [4.78, 5) is 0.0286. The predicted molar refractivity (Wildman–Crippen MR) is 82.6 cm³/mol. The maximum atomic E-state index is 12.4. The molecule has 0 saturated heterocycles. The molecular formula is C14H12ClN3O2S. The van der Waals surface area contributed by atoms with Crippen molar-refractivity contribution >= 4 is 33.0 Å². The molecule has 0 amide bonds. The molecule has 0 bridgehead atoms. The smallest absolute Gasteiger partial charge is 0.262 e. The number of hydrogen-bond donors (Lipinski definition) is 2. The fraction of sp³-hybridized carbons (Fsp3) is 0.0714. The van der Waals surface area contributed by atoms with Crippen molar-refractivity contribution in [3.05, 3.63) is 52.5 Å². The molecule has 0 fully saturated rings. The number of nitrogens with two attached hydrogens (primary N) is 1. The molecule has 0 saturated carbocycles. The highest BCUT2D eigenvalue weighted by atomic mass is 35.5. The van der Waals surface area contributed by atoms with Gasteiger partial charge in [0.25, 0.3) is 10.0 Å². The third-order valence-corrected chi connectivity index (χ3v) is 4.61. The standard InChI is InChI=1S/C14H12ClN3O2S/c1-9-2-3-10(8-16)6-14(9)21(19,20)18-13-7-11(15)4-5-12(13)17/h2-7,18H,17H2,1H3. The summed E-state index contributed by atoms with van der Waals surface area (Å²) >= 11 is 5.84. The second-order valence-electron chi connectivity index (χ2n) is 4.43. The third-order valence-electron chi connectivity index (χ3n) is 2.87. The summed E-state index contributed by atoms with van der Waals surface area (Å²) in [7, 11) is -3.86. The van der Waals surface area contributed by atoms with Crippen LogP contribution < -0.4 is 10.5 Å². The van der Waals surface area contributed by atoms with Crippen molar-refractivity contribution in [1.29, 1.82) is 5.26 Å². The lowest BCUT2D eigenvalue weighted by Crippen LogP contribution is -2.15. The molecule has 21 heavy (non-hydrogen) atoms. The molecule has 0 spiro atoms. The molecule has 2 aromatic carbocycles. The molecule has 0 atom stereocenters. The molecular weight excluding hydrogens is 310 g/mol. The van der Waals surface area contributed by atoms with E-state index < -0.39 is 10.0 Å². The van der Waals surface area contributed by atoms with Crippen molar-refractivity contribution in [1.82, 2.24) is 0 Å².